The number of aromatic nitrogens is 2. The predicted molar refractivity (Wildman–Crippen MR) is 93.6 cm³/mol. The van der Waals surface area contributed by atoms with Crippen molar-refractivity contribution in [3.05, 3.63) is 28.5 Å². The molecule has 0 aliphatic rings. The quantitative estimate of drug-likeness (QED) is 0.614. The fraction of sp³-hybridized carbons (Fsp3) is 0.467. The van der Waals surface area contributed by atoms with Gasteiger partial charge in [0, 0.05) is 23.5 Å². The molecule has 2 rings (SSSR count). The molecule has 2 aromatic rings. The average molecular weight is 323 g/mol. The van der Waals surface area contributed by atoms with Gasteiger partial charge in [0.1, 0.15) is 11.6 Å². The highest BCUT2D eigenvalue weighted by molar-refractivity contribution is 7.98. The van der Waals surface area contributed by atoms with Gasteiger partial charge in [-0.1, -0.05) is 17.8 Å². The number of nitrogens with zero attached hydrogens (tertiary/aromatic N) is 3. The van der Waals surface area contributed by atoms with Crippen molar-refractivity contribution in [1.82, 2.24) is 9.97 Å². The zero-order chi connectivity index (χ0) is 15.2. The summed E-state index contributed by atoms with van der Waals surface area (Å²) in [5.41, 5.74) is 0. The van der Waals surface area contributed by atoms with E-state index in [0.717, 1.165) is 29.9 Å². The maximum absolute atomic E-state index is 4.68. The van der Waals surface area contributed by atoms with Crippen molar-refractivity contribution in [3.63, 3.8) is 0 Å². The topological polar surface area (TPSA) is 41.0 Å². The van der Waals surface area contributed by atoms with Crippen LogP contribution in [0.5, 0.6) is 0 Å². The maximum Gasteiger partial charge on any atom is 0.191 e. The van der Waals surface area contributed by atoms with E-state index in [1.165, 1.54) is 4.88 Å². The molecule has 0 saturated heterocycles. The van der Waals surface area contributed by atoms with Crippen LogP contribution in [0.25, 0.3) is 0 Å². The lowest BCUT2D eigenvalue weighted by atomic mass is 10.3. The van der Waals surface area contributed by atoms with E-state index in [1.54, 1.807) is 23.1 Å². The molecule has 0 aromatic carbocycles. The zero-order valence-electron chi connectivity index (χ0n) is 13.0. The normalized spacial score (nSPS) is 10.9. The van der Waals surface area contributed by atoms with Gasteiger partial charge < -0.3 is 10.2 Å². The molecule has 2 aromatic heterocycles. The molecule has 0 fully saturated rings. The number of thioether (sulfide) groups is 1. The van der Waals surface area contributed by atoms with Crippen LogP contribution in [0.4, 0.5) is 11.6 Å². The Morgan fingerprint density at radius 2 is 2.19 bits per heavy atom. The smallest absolute Gasteiger partial charge is 0.191 e. The van der Waals surface area contributed by atoms with Crippen LogP contribution in [0.2, 0.25) is 0 Å². The minimum absolute atomic E-state index is 0.381. The minimum Gasteiger partial charge on any atom is -0.370 e. The summed E-state index contributed by atoms with van der Waals surface area (Å²) < 4.78 is 0. The first-order valence-corrected chi connectivity index (χ1v) is 9.20. The van der Waals surface area contributed by atoms with Gasteiger partial charge in [0.25, 0.3) is 0 Å². The third kappa shape index (κ3) is 4.35. The highest BCUT2D eigenvalue weighted by Crippen LogP contribution is 2.24. The van der Waals surface area contributed by atoms with Gasteiger partial charge in [-0.2, -0.15) is 0 Å². The van der Waals surface area contributed by atoms with Gasteiger partial charge in [-0.25, -0.2) is 9.97 Å². The highest BCUT2D eigenvalue weighted by atomic mass is 32.2. The molecule has 0 amide bonds. The van der Waals surface area contributed by atoms with E-state index in [4.69, 9.17) is 0 Å². The van der Waals surface area contributed by atoms with Crippen molar-refractivity contribution in [2.24, 2.45) is 0 Å². The molecule has 0 unspecified atom stereocenters. The Balaban J connectivity index is 2.32. The standard InChI is InChI=1S/C15H22N4S2/c1-5-16-13-9-14(18-15(17-13)20-4)19(11(2)3)10-12-7-6-8-21-12/h6-9,11H,5,10H2,1-4H3,(H,16,17,18). The first-order chi connectivity index (χ1) is 10.1. The summed E-state index contributed by atoms with van der Waals surface area (Å²) in [6.07, 6.45) is 2.01. The molecule has 2 heterocycles. The van der Waals surface area contributed by atoms with Gasteiger partial charge in [-0.3, -0.25) is 0 Å². The van der Waals surface area contributed by atoms with E-state index in [9.17, 15) is 0 Å². The molecule has 0 aliphatic carbocycles. The second-order valence-corrected chi connectivity index (χ2v) is 6.74. The van der Waals surface area contributed by atoms with E-state index in [-0.39, 0.29) is 0 Å². The third-order valence-electron chi connectivity index (χ3n) is 3.06. The number of anilines is 2. The molecule has 4 nitrogen and oxygen atoms in total. The molecule has 6 heteroatoms. The molecule has 114 valence electrons. The molecule has 0 saturated carbocycles. The molecular weight excluding hydrogens is 300 g/mol. The van der Waals surface area contributed by atoms with Gasteiger partial charge in [0.05, 0.1) is 6.54 Å². The molecule has 0 bridgehead atoms. The first-order valence-electron chi connectivity index (χ1n) is 7.10. The lowest BCUT2D eigenvalue weighted by molar-refractivity contribution is 0.670. The van der Waals surface area contributed by atoms with Crippen LogP contribution < -0.4 is 10.2 Å². The number of thiophene rings is 1. The van der Waals surface area contributed by atoms with E-state index in [2.05, 4.69) is 58.5 Å². The second kappa shape index (κ2) is 7.66. The van der Waals surface area contributed by atoms with Crippen molar-refractivity contribution in [2.75, 3.05) is 23.0 Å². The predicted octanol–water partition coefficient (Wildman–Crippen LogP) is 4.11. The van der Waals surface area contributed by atoms with Crippen molar-refractivity contribution in [3.8, 4) is 0 Å². The van der Waals surface area contributed by atoms with Crippen LogP contribution >= 0.6 is 23.1 Å². The van der Waals surface area contributed by atoms with Crippen LogP contribution in [-0.4, -0.2) is 28.8 Å². The van der Waals surface area contributed by atoms with Crippen LogP contribution in [-0.2, 0) is 6.54 Å². The fourth-order valence-corrected chi connectivity index (χ4v) is 3.10. The molecule has 0 radical (unpaired) electrons. The molecular formula is C15H22N4S2. The van der Waals surface area contributed by atoms with E-state index in [1.807, 2.05) is 12.3 Å². The summed E-state index contributed by atoms with van der Waals surface area (Å²) in [6.45, 7) is 8.21. The Labute approximate surface area is 135 Å². The molecule has 0 aliphatic heterocycles. The lowest BCUT2D eigenvalue weighted by Crippen LogP contribution is -2.31. The Bertz CT molecular complexity index is 555. The Morgan fingerprint density at radius 3 is 2.76 bits per heavy atom. The number of nitrogens with one attached hydrogen (secondary N) is 1. The summed E-state index contributed by atoms with van der Waals surface area (Å²) in [7, 11) is 0. The second-order valence-electron chi connectivity index (χ2n) is 4.93. The van der Waals surface area contributed by atoms with E-state index in [0.29, 0.717) is 6.04 Å². The lowest BCUT2D eigenvalue weighted by Gasteiger charge is -2.28. The zero-order valence-corrected chi connectivity index (χ0v) is 14.6. The Kier molecular flexibility index (Phi) is 5.87. The van der Waals surface area contributed by atoms with Crippen molar-refractivity contribution >= 4 is 34.7 Å². The largest absolute Gasteiger partial charge is 0.370 e. The van der Waals surface area contributed by atoms with Gasteiger partial charge in [0.15, 0.2) is 5.16 Å². The number of hydrogen-bond donors (Lipinski definition) is 1. The van der Waals surface area contributed by atoms with Gasteiger partial charge in [-0.15, -0.1) is 11.3 Å². The number of rotatable bonds is 7. The van der Waals surface area contributed by atoms with E-state index >= 15 is 0 Å². The van der Waals surface area contributed by atoms with Gasteiger partial charge in [-0.05, 0) is 38.5 Å². The molecule has 0 atom stereocenters. The molecule has 0 spiro atoms. The SMILES string of the molecule is CCNc1cc(N(Cc2cccs2)C(C)C)nc(SC)n1. The average Bonchev–Trinajstić information content (AvgIpc) is 2.97. The fourth-order valence-electron chi connectivity index (χ4n) is 2.02. The van der Waals surface area contributed by atoms with Gasteiger partial charge in [0.2, 0.25) is 0 Å². The monoisotopic (exact) mass is 322 g/mol. The van der Waals surface area contributed by atoms with Crippen LogP contribution in [0.15, 0.2) is 28.7 Å². The molecule has 1 N–H and O–H groups in total. The summed E-state index contributed by atoms with van der Waals surface area (Å²) in [6, 6.07) is 6.68. The van der Waals surface area contributed by atoms with Crippen molar-refractivity contribution < 1.29 is 0 Å². The minimum atomic E-state index is 0.381. The van der Waals surface area contributed by atoms with Crippen molar-refractivity contribution in [1.29, 1.82) is 0 Å². The molecule has 21 heavy (non-hydrogen) atoms. The Morgan fingerprint density at radius 1 is 1.38 bits per heavy atom. The van der Waals surface area contributed by atoms with Crippen molar-refractivity contribution in [2.45, 2.75) is 38.5 Å². The first kappa shape index (κ1) is 16.1. The van der Waals surface area contributed by atoms with Crippen LogP contribution in [0.3, 0.4) is 0 Å². The summed E-state index contributed by atoms with van der Waals surface area (Å²) in [5, 5.41) is 6.21. The summed E-state index contributed by atoms with van der Waals surface area (Å²) >= 11 is 3.36. The highest BCUT2D eigenvalue weighted by Gasteiger charge is 2.15. The summed E-state index contributed by atoms with van der Waals surface area (Å²) in [4.78, 5) is 12.8. The third-order valence-corrected chi connectivity index (χ3v) is 4.47. The van der Waals surface area contributed by atoms with Crippen LogP contribution in [0, 0.1) is 0 Å². The van der Waals surface area contributed by atoms with E-state index < -0.39 is 0 Å². The number of hydrogen-bond acceptors (Lipinski definition) is 6. The summed E-state index contributed by atoms with van der Waals surface area (Å²) in [5.74, 6) is 1.87. The Hall–Kier alpha value is -1.27. The van der Waals surface area contributed by atoms with Gasteiger partial charge >= 0.3 is 0 Å². The van der Waals surface area contributed by atoms with Crippen LogP contribution in [0.1, 0.15) is 25.6 Å². The maximum atomic E-state index is 4.68.